The van der Waals surface area contributed by atoms with E-state index >= 15 is 0 Å². The van der Waals surface area contributed by atoms with Crippen molar-refractivity contribution in [3.05, 3.63) is 0 Å². The van der Waals surface area contributed by atoms with Gasteiger partial charge in [-0.05, 0) is 0 Å². The molecule has 3 N–H and O–H groups in total. The molecule has 0 saturated carbocycles. The average molecular weight is 689 g/mol. The van der Waals surface area contributed by atoms with Gasteiger partial charge in [-0.3, -0.25) is 33.6 Å². The maximum absolute atomic E-state index is 13.5. The number of carbonyl (C=O) groups is 7. The van der Waals surface area contributed by atoms with Crippen molar-refractivity contribution in [2.45, 2.75) is 109 Å². The van der Waals surface area contributed by atoms with Crippen molar-refractivity contribution in [2.75, 3.05) is 13.2 Å². The number of esters is 6. The molecule has 47 heavy (non-hydrogen) atoms. The summed E-state index contributed by atoms with van der Waals surface area (Å²) in [5.41, 5.74) is 6.17. The van der Waals surface area contributed by atoms with Crippen LogP contribution in [-0.4, -0.2) is 122 Å². The highest BCUT2D eigenvalue weighted by Crippen LogP contribution is 2.33. The van der Waals surface area contributed by atoms with E-state index in [0.29, 0.717) is 0 Å². The standard InChI is InChI=1S/C26H35F3N2O16/c1-9(32)39-7-15-19(21(42-12(4)35)17(30)23(45-15)44-14(6)37)47-24-18(31-25(38)26(27,28)29)22(43-13(5)36)20(41-11(3)34)16(46-24)8-40-10(2)33/h15-24H,7-8,30H2,1-6H3,(H,31,38)/t15?,16?,17?,18?,19-,20-,21-,22-,23?,24+/m1/s1. The minimum absolute atomic E-state index is 0.700. The number of nitrogens with two attached hydrogens (primary N) is 1. The Morgan fingerprint density at radius 3 is 1.49 bits per heavy atom. The van der Waals surface area contributed by atoms with Crippen LogP contribution in [0.15, 0.2) is 0 Å². The second kappa shape index (κ2) is 16.7. The fourth-order valence-electron chi connectivity index (χ4n) is 4.59. The third-order valence-corrected chi connectivity index (χ3v) is 6.28. The zero-order valence-corrected chi connectivity index (χ0v) is 25.9. The summed E-state index contributed by atoms with van der Waals surface area (Å²) in [4.78, 5) is 83.4. The molecule has 0 aromatic rings. The molecule has 2 aliphatic heterocycles. The quantitative estimate of drug-likeness (QED) is 0.189. The van der Waals surface area contributed by atoms with Crippen LogP contribution >= 0.6 is 0 Å². The van der Waals surface area contributed by atoms with Gasteiger partial charge < -0.3 is 53.7 Å². The Morgan fingerprint density at radius 2 is 1.04 bits per heavy atom. The van der Waals surface area contributed by atoms with Gasteiger partial charge in [-0.1, -0.05) is 0 Å². The zero-order valence-electron chi connectivity index (χ0n) is 25.9. The lowest BCUT2D eigenvalue weighted by Gasteiger charge is -2.49. The molecule has 2 aliphatic rings. The first kappa shape index (κ1) is 39.1. The third-order valence-electron chi connectivity index (χ3n) is 6.28. The molecule has 2 fully saturated rings. The normalized spacial score (nSPS) is 30.6. The van der Waals surface area contributed by atoms with Crippen LogP contribution in [0.25, 0.3) is 0 Å². The minimum atomic E-state index is -5.51. The Morgan fingerprint density at radius 1 is 0.617 bits per heavy atom. The molecule has 0 aromatic heterocycles. The fourth-order valence-corrected chi connectivity index (χ4v) is 4.59. The highest BCUT2D eigenvalue weighted by Gasteiger charge is 2.57. The van der Waals surface area contributed by atoms with Crippen LogP contribution < -0.4 is 11.1 Å². The first-order chi connectivity index (χ1) is 21.7. The molecule has 21 heteroatoms. The molecular weight excluding hydrogens is 653 g/mol. The predicted octanol–water partition coefficient (Wildman–Crippen LogP) is -1.32. The molecule has 0 aliphatic carbocycles. The number of rotatable bonds is 11. The number of nitrogens with one attached hydrogen (secondary N) is 1. The predicted molar refractivity (Wildman–Crippen MR) is 140 cm³/mol. The monoisotopic (exact) mass is 688 g/mol. The van der Waals surface area contributed by atoms with Gasteiger partial charge in [-0.15, -0.1) is 0 Å². The van der Waals surface area contributed by atoms with Crippen molar-refractivity contribution in [2.24, 2.45) is 5.73 Å². The van der Waals surface area contributed by atoms with Crippen LogP contribution in [0, 0.1) is 0 Å². The van der Waals surface area contributed by atoms with Crippen LogP contribution in [0.2, 0.25) is 0 Å². The van der Waals surface area contributed by atoms with E-state index in [1.807, 2.05) is 0 Å². The van der Waals surface area contributed by atoms with E-state index in [1.165, 1.54) is 0 Å². The highest BCUT2D eigenvalue weighted by atomic mass is 19.4. The number of carbonyl (C=O) groups excluding carboxylic acids is 7. The number of ether oxygens (including phenoxy) is 9. The molecule has 2 heterocycles. The minimum Gasteiger partial charge on any atom is -0.463 e. The molecule has 2 rings (SSSR count). The van der Waals surface area contributed by atoms with Crippen LogP contribution in [-0.2, 0) is 76.2 Å². The van der Waals surface area contributed by atoms with E-state index in [9.17, 15) is 46.7 Å². The van der Waals surface area contributed by atoms with Crippen LogP contribution in [0.1, 0.15) is 41.5 Å². The first-order valence-corrected chi connectivity index (χ1v) is 13.8. The molecule has 2 saturated heterocycles. The summed E-state index contributed by atoms with van der Waals surface area (Å²) < 4.78 is 88.5. The molecular formula is C26H35F3N2O16. The lowest BCUT2D eigenvalue weighted by atomic mass is 9.94. The van der Waals surface area contributed by atoms with Gasteiger partial charge in [0.2, 0.25) is 6.29 Å². The van der Waals surface area contributed by atoms with Gasteiger partial charge in [-0.25, -0.2) is 0 Å². The van der Waals surface area contributed by atoms with Gasteiger partial charge in [0.05, 0.1) is 0 Å². The van der Waals surface area contributed by atoms with Crippen molar-refractivity contribution in [1.29, 1.82) is 0 Å². The first-order valence-electron chi connectivity index (χ1n) is 13.8. The van der Waals surface area contributed by atoms with Gasteiger partial charge in [0.15, 0.2) is 24.6 Å². The summed E-state index contributed by atoms with van der Waals surface area (Å²) in [7, 11) is 0. The van der Waals surface area contributed by atoms with E-state index in [4.69, 9.17) is 48.4 Å². The summed E-state index contributed by atoms with van der Waals surface area (Å²) in [6, 6.07) is -3.69. The molecule has 18 nitrogen and oxygen atoms in total. The summed E-state index contributed by atoms with van der Waals surface area (Å²) in [5, 5.41) is 1.58. The molecule has 0 aromatic carbocycles. The summed E-state index contributed by atoms with van der Waals surface area (Å²) in [6.07, 6.45) is -19.7. The SMILES string of the molecule is CC(=O)OCC1OC(OC(C)=O)C(N)[C@@H](OC(C)=O)[C@@H]1O[C@@H]1OC(COC(C)=O)[C@@H](OC(C)=O)[C@H](OC(C)=O)C1NC(=O)C(F)(F)F. The fraction of sp³-hybridized carbons (Fsp3) is 0.731. The molecule has 5 unspecified atom stereocenters. The maximum Gasteiger partial charge on any atom is 0.471 e. The number of halogens is 3. The van der Waals surface area contributed by atoms with Crippen LogP contribution in [0.3, 0.4) is 0 Å². The van der Waals surface area contributed by atoms with E-state index in [-0.39, 0.29) is 0 Å². The Hall–Kier alpha value is -4.08. The van der Waals surface area contributed by atoms with Crippen molar-refractivity contribution < 1.29 is 89.4 Å². The number of hydrogen-bond donors (Lipinski definition) is 2. The van der Waals surface area contributed by atoms with E-state index < -0.39 is 122 Å². The topological polar surface area (TPSA) is 241 Å². The largest absolute Gasteiger partial charge is 0.471 e. The molecule has 1 amide bonds. The van der Waals surface area contributed by atoms with Gasteiger partial charge in [0, 0.05) is 41.5 Å². The van der Waals surface area contributed by atoms with Crippen molar-refractivity contribution in [1.82, 2.24) is 5.32 Å². The van der Waals surface area contributed by atoms with E-state index in [2.05, 4.69) is 0 Å². The Bertz CT molecular complexity index is 1200. The summed E-state index contributed by atoms with van der Waals surface area (Å²) in [5.74, 6) is -8.32. The zero-order chi connectivity index (χ0) is 35.8. The number of amides is 1. The Kier molecular flexibility index (Phi) is 13.9. The molecule has 0 radical (unpaired) electrons. The third kappa shape index (κ3) is 11.6. The highest BCUT2D eigenvalue weighted by molar-refractivity contribution is 5.82. The van der Waals surface area contributed by atoms with Gasteiger partial charge in [-0.2, -0.15) is 13.2 Å². The Labute approximate surface area is 264 Å². The van der Waals surface area contributed by atoms with Crippen LogP contribution in [0.4, 0.5) is 13.2 Å². The van der Waals surface area contributed by atoms with Crippen molar-refractivity contribution in [3.8, 4) is 0 Å². The van der Waals surface area contributed by atoms with Crippen molar-refractivity contribution >= 4 is 41.7 Å². The van der Waals surface area contributed by atoms with Crippen molar-refractivity contribution in [3.63, 3.8) is 0 Å². The van der Waals surface area contributed by atoms with Crippen LogP contribution in [0.5, 0.6) is 0 Å². The smallest absolute Gasteiger partial charge is 0.463 e. The number of alkyl halides is 3. The molecule has 0 spiro atoms. The Balaban J connectivity index is 2.72. The molecule has 0 bridgehead atoms. The number of hydrogen-bond acceptors (Lipinski definition) is 17. The van der Waals surface area contributed by atoms with Gasteiger partial charge in [0.1, 0.15) is 43.6 Å². The second-order valence-electron chi connectivity index (χ2n) is 10.2. The summed E-state index contributed by atoms with van der Waals surface area (Å²) >= 11 is 0. The van der Waals surface area contributed by atoms with Gasteiger partial charge in [0.25, 0.3) is 0 Å². The maximum atomic E-state index is 13.5. The molecule has 266 valence electrons. The lowest BCUT2D eigenvalue weighted by Crippen LogP contribution is -2.70. The van der Waals surface area contributed by atoms with Gasteiger partial charge >= 0.3 is 47.9 Å². The van der Waals surface area contributed by atoms with E-state index in [0.717, 1.165) is 41.5 Å². The second-order valence-corrected chi connectivity index (χ2v) is 10.2. The summed E-state index contributed by atoms with van der Waals surface area (Å²) in [6.45, 7) is 4.29. The van der Waals surface area contributed by atoms with E-state index in [1.54, 1.807) is 5.32 Å². The lowest BCUT2D eigenvalue weighted by molar-refractivity contribution is -0.329. The average Bonchev–Trinajstić information content (AvgIpc) is 2.91. The molecule has 10 atom stereocenters.